The number of rotatable bonds is 1. The second-order valence-electron chi connectivity index (χ2n) is 2.97. The Hall–Kier alpha value is -0.770. The van der Waals surface area contributed by atoms with Gasteiger partial charge in [-0.1, -0.05) is 11.6 Å². The van der Waals surface area contributed by atoms with Crippen LogP contribution in [0.2, 0.25) is 5.02 Å². The van der Waals surface area contributed by atoms with Crippen LogP contribution in [0.25, 0.3) is 0 Å². The maximum absolute atomic E-state index is 9.06. The van der Waals surface area contributed by atoms with E-state index in [0.717, 1.165) is 16.1 Å². The van der Waals surface area contributed by atoms with Gasteiger partial charge in [0.1, 0.15) is 5.75 Å². The summed E-state index contributed by atoms with van der Waals surface area (Å²) in [5.74, 6) is 0.277. The molecule has 0 unspecified atom stereocenters. The molecule has 0 spiro atoms. The molecule has 0 saturated carbocycles. The Morgan fingerprint density at radius 1 is 1.14 bits per heavy atom. The Bertz CT molecular complexity index is 264. The molecule has 0 bridgehead atoms. The molecule has 3 nitrogen and oxygen atoms in total. The van der Waals surface area contributed by atoms with E-state index in [-0.39, 0.29) is 5.75 Å². The van der Waals surface area contributed by atoms with Crippen molar-refractivity contribution in [2.45, 2.75) is 13.8 Å². The van der Waals surface area contributed by atoms with Crippen LogP contribution < -0.4 is 11.5 Å². The molecule has 14 heavy (non-hydrogen) atoms. The van der Waals surface area contributed by atoms with E-state index in [1.165, 1.54) is 0 Å². The summed E-state index contributed by atoms with van der Waals surface area (Å²) in [6.07, 6.45) is 0. The van der Waals surface area contributed by atoms with E-state index >= 15 is 0 Å². The van der Waals surface area contributed by atoms with Gasteiger partial charge in [-0.2, -0.15) is 0 Å². The normalized spacial score (nSPS) is 9.21. The lowest BCUT2D eigenvalue weighted by Gasteiger charge is -2.01. The number of hydrogen-bond donors (Lipinski definition) is 3. The summed E-state index contributed by atoms with van der Waals surface area (Å²) < 4.78 is 0. The van der Waals surface area contributed by atoms with E-state index in [1.54, 1.807) is 12.1 Å². The zero-order chi connectivity index (χ0) is 11.1. The third-order valence-corrected chi connectivity index (χ3v) is 2.18. The average molecular weight is 217 g/mol. The minimum atomic E-state index is 0.277. The third-order valence-electron chi connectivity index (χ3n) is 1.59. The molecule has 1 rings (SSSR count). The number of phenols is 1. The number of phenolic OH excluding ortho intramolecular Hbond substituents is 1. The Morgan fingerprint density at radius 2 is 1.50 bits per heavy atom. The minimum absolute atomic E-state index is 0.277. The molecule has 0 heterocycles. The van der Waals surface area contributed by atoms with Crippen molar-refractivity contribution in [1.29, 1.82) is 0 Å². The number of nitrogens with two attached hydrogens (primary N) is 2. The molecule has 0 saturated heterocycles. The van der Waals surface area contributed by atoms with E-state index in [2.05, 4.69) is 0 Å². The number of halogens is 1. The number of benzene rings is 1. The molecular formula is C10H17ClN2O. The van der Waals surface area contributed by atoms with Crippen LogP contribution in [0.1, 0.15) is 11.1 Å². The molecule has 0 radical (unpaired) electrons. The Labute approximate surface area is 89.7 Å². The Kier molecular flexibility index (Phi) is 6.28. The van der Waals surface area contributed by atoms with E-state index in [9.17, 15) is 0 Å². The van der Waals surface area contributed by atoms with E-state index in [0.29, 0.717) is 13.1 Å². The summed E-state index contributed by atoms with van der Waals surface area (Å²) in [6, 6.07) is 3.30. The molecule has 0 aromatic heterocycles. The fourth-order valence-corrected chi connectivity index (χ4v) is 1.03. The Balaban J connectivity index is 0.000000364. The zero-order valence-electron chi connectivity index (χ0n) is 8.55. The molecule has 1 aromatic rings. The van der Waals surface area contributed by atoms with Crippen molar-refractivity contribution >= 4 is 11.6 Å². The van der Waals surface area contributed by atoms with Gasteiger partial charge in [-0.25, -0.2) is 0 Å². The van der Waals surface area contributed by atoms with Crippen LogP contribution in [0.5, 0.6) is 5.75 Å². The zero-order valence-corrected chi connectivity index (χ0v) is 9.30. The lowest BCUT2D eigenvalue weighted by atomic mass is 10.1. The lowest BCUT2D eigenvalue weighted by Crippen LogP contribution is -2.11. The van der Waals surface area contributed by atoms with Gasteiger partial charge in [0.25, 0.3) is 0 Å². The fraction of sp³-hybridized carbons (Fsp3) is 0.400. The van der Waals surface area contributed by atoms with Crippen LogP contribution >= 0.6 is 11.6 Å². The van der Waals surface area contributed by atoms with Crippen LogP contribution in [0.4, 0.5) is 0 Å². The second kappa shape index (κ2) is 6.65. The van der Waals surface area contributed by atoms with Gasteiger partial charge in [0.05, 0.1) is 0 Å². The highest BCUT2D eigenvalue weighted by Crippen LogP contribution is 2.24. The molecule has 0 amide bonds. The summed E-state index contributed by atoms with van der Waals surface area (Å²) in [6.45, 7) is 4.93. The van der Waals surface area contributed by atoms with Crippen molar-refractivity contribution in [2.75, 3.05) is 13.1 Å². The van der Waals surface area contributed by atoms with Gasteiger partial charge in [0, 0.05) is 18.1 Å². The number of hydrogen-bond acceptors (Lipinski definition) is 3. The largest absolute Gasteiger partial charge is 0.508 e. The van der Waals surface area contributed by atoms with Gasteiger partial charge < -0.3 is 16.6 Å². The first kappa shape index (κ1) is 13.2. The lowest BCUT2D eigenvalue weighted by molar-refractivity contribution is 0.474. The quantitative estimate of drug-likeness (QED) is 0.667. The van der Waals surface area contributed by atoms with Gasteiger partial charge in [0.2, 0.25) is 0 Å². The van der Waals surface area contributed by atoms with Crippen molar-refractivity contribution in [3.8, 4) is 5.75 Å². The second-order valence-corrected chi connectivity index (χ2v) is 3.35. The van der Waals surface area contributed by atoms with E-state index in [4.69, 9.17) is 28.2 Å². The maximum Gasteiger partial charge on any atom is 0.116 e. The van der Waals surface area contributed by atoms with Gasteiger partial charge in [-0.15, -0.1) is 0 Å². The summed E-state index contributed by atoms with van der Waals surface area (Å²) in [5, 5.41) is 9.79. The van der Waals surface area contributed by atoms with Crippen LogP contribution in [-0.4, -0.2) is 18.2 Å². The van der Waals surface area contributed by atoms with Crippen molar-refractivity contribution in [1.82, 2.24) is 0 Å². The van der Waals surface area contributed by atoms with Gasteiger partial charge >= 0.3 is 0 Å². The van der Waals surface area contributed by atoms with Crippen molar-refractivity contribution < 1.29 is 5.11 Å². The number of aryl methyl sites for hydroxylation is 2. The summed E-state index contributed by atoms with van der Waals surface area (Å²) in [4.78, 5) is 0. The maximum atomic E-state index is 9.06. The van der Waals surface area contributed by atoms with Crippen LogP contribution in [-0.2, 0) is 0 Å². The molecule has 1 aromatic carbocycles. The highest BCUT2D eigenvalue weighted by Gasteiger charge is 1.99. The standard InChI is InChI=1S/C8H9ClO.C2H8N2/c1-5-3-7(10)4-6(2)8(5)9;3-1-2-4/h3-4,10H,1-2H3;1-4H2. The van der Waals surface area contributed by atoms with E-state index in [1.807, 2.05) is 13.8 Å². The first-order valence-corrected chi connectivity index (χ1v) is 4.76. The molecule has 4 heteroatoms. The smallest absolute Gasteiger partial charge is 0.116 e. The molecule has 5 N–H and O–H groups in total. The average Bonchev–Trinajstić information content (AvgIpc) is 2.14. The molecule has 0 fully saturated rings. The summed E-state index contributed by atoms with van der Waals surface area (Å²) in [7, 11) is 0. The van der Waals surface area contributed by atoms with E-state index < -0.39 is 0 Å². The molecule has 0 atom stereocenters. The highest BCUT2D eigenvalue weighted by atomic mass is 35.5. The van der Waals surface area contributed by atoms with Crippen molar-refractivity contribution in [3.05, 3.63) is 28.3 Å². The summed E-state index contributed by atoms with van der Waals surface area (Å²) in [5.41, 5.74) is 11.6. The third kappa shape index (κ3) is 4.46. The molecule has 0 aliphatic rings. The van der Waals surface area contributed by atoms with Crippen LogP contribution in [0.3, 0.4) is 0 Å². The SMILES string of the molecule is Cc1cc(O)cc(C)c1Cl.NCCN. The minimum Gasteiger partial charge on any atom is -0.508 e. The number of aromatic hydroxyl groups is 1. The van der Waals surface area contributed by atoms with Crippen molar-refractivity contribution in [3.63, 3.8) is 0 Å². The van der Waals surface area contributed by atoms with Crippen LogP contribution in [0, 0.1) is 13.8 Å². The first-order valence-electron chi connectivity index (χ1n) is 4.38. The molecule has 0 aliphatic heterocycles. The van der Waals surface area contributed by atoms with Gasteiger partial charge in [0.15, 0.2) is 0 Å². The van der Waals surface area contributed by atoms with Crippen molar-refractivity contribution in [2.24, 2.45) is 11.5 Å². The predicted molar refractivity (Wildman–Crippen MR) is 60.7 cm³/mol. The highest BCUT2D eigenvalue weighted by molar-refractivity contribution is 6.32. The molecular weight excluding hydrogens is 200 g/mol. The fourth-order valence-electron chi connectivity index (χ4n) is 0.923. The summed E-state index contributed by atoms with van der Waals surface area (Å²) >= 11 is 5.84. The van der Waals surface area contributed by atoms with Gasteiger partial charge in [-0.05, 0) is 37.1 Å². The predicted octanol–water partition coefficient (Wildman–Crippen LogP) is 1.57. The topological polar surface area (TPSA) is 72.3 Å². The first-order chi connectivity index (χ1) is 6.52. The Morgan fingerprint density at radius 3 is 1.79 bits per heavy atom. The van der Waals surface area contributed by atoms with Gasteiger partial charge in [-0.3, -0.25) is 0 Å². The molecule has 80 valence electrons. The monoisotopic (exact) mass is 216 g/mol. The van der Waals surface area contributed by atoms with Crippen LogP contribution in [0.15, 0.2) is 12.1 Å². The molecule has 0 aliphatic carbocycles.